The summed E-state index contributed by atoms with van der Waals surface area (Å²) in [7, 11) is 0. The van der Waals surface area contributed by atoms with Gasteiger partial charge in [-0.15, -0.1) is 0 Å². The molecule has 2 N–H and O–H groups in total. The fourth-order valence-electron chi connectivity index (χ4n) is 2.18. The average molecular weight is 281 g/mol. The van der Waals surface area contributed by atoms with E-state index in [1.54, 1.807) is 0 Å². The van der Waals surface area contributed by atoms with Gasteiger partial charge in [-0.2, -0.15) is 4.98 Å². The number of nitrogens with two attached hydrogens (primary N) is 1. The number of hydrogen-bond donors (Lipinski definition) is 1. The van der Waals surface area contributed by atoms with Crippen molar-refractivity contribution in [1.82, 2.24) is 10.1 Å². The van der Waals surface area contributed by atoms with Crippen LogP contribution < -0.4 is 5.73 Å². The monoisotopic (exact) mass is 281 g/mol. The zero-order valence-electron chi connectivity index (χ0n) is 10.6. The van der Waals surface area contributed by atoms with E-state index in [1.165, 1.54) is 6.07 Å². The molecule has 20 heavy (non-hydrogen) atoms. The summed E-state index contributed by atoms with van der Waals surface area (Å²) < 4.78 is 36.8. The van der Waals surface area contributed by atoms with Crippen LogP contribution in [0.15, 0.2) is 22.7 Å². The van der Waals surface area contributed by atoms with Gasteiger partial charge in [0, 0.05) is 12.1 Å². The summed E-state index contributed by atoms with van der Waals surface area (Å²) in [6.45, 7) is 0.445. The summed E-state index contributed by atoms with van der Waals surface area (Å²) in [6.07, 6.45) is 1.31. The second-order valence-corrected chi connectivity index (χ2v) is 4.64. The van der Waals surface area contributed by atoms with Gasteiger partial charge in [0.1, 0.15) is 6.10 Å². The van der Waals surface area contributed by atoms with Gasteiger partial charge < -0.3 is 15.0 Å². The fraction of sp³-hybridized carbons (Fsp3) is 0.385. The van der Waals surface area contributed by atoms with E-state index < -0.39 is 11.6 Å². The quantitative estimate of drug-likeness (QED) is 0.933. The highest BCUT2D eigenvalue weighted by Crippen LogP contribution is 2.32. The number of rotatable bonds is 3. The van der Waals surface area contributed by atoms with Crippen LogP contribution in [-0.4, -0.2) is 22.8 Å². The number of hydrogen-bond acceptors (Lipinski definition) is 5. The molecule has 2 aromatic rings. The summed E-state index contributed by atoms with van der Waals surface area (Å²) in [5.74, 6) is -1.32. The lowest BCUT2D eigenvalue weighted by Gasteiger charge is -2.07. The molecule has 1 saturated heterocycles. The largest absolute Gasteiger partial charge is 0.364 e. The molecule has 0 radical (unpaired) electrons. The highest BCUT2D eigenvalue weighted by molar-refractivity contribution is 5.54. The molecule has 1 aromatic heterocycles. The van der Waals surface area contributed by atoms with Gasteiger partial charge >= 0.3 is 0 Å². The molecule has 0 spiro atoms. The summed E-state index contributed by atoms with van der Waals surface area (Å²) in [4.78, 5) is 4.17. The van der Waals surface area contributed by atoms with Gasteiger partial charge in [-0.25, -0.2) is 8.78 Å². The van der Waals surface area contributed by atoms with Crippen LogP contribution in [0.3, 0.4) is 0 Å². The van der Waals surface area contributed by atoms with Gasteiger partial charge in [-0.3, -0.25) is 0 Å². The molecule has 2 atom stereocenters. The van der Waals surface area contributed by atoms with Crippen molar-refractivity contribution in [3.8, 4) is 11.4 Å². The first kappa shape index (κ1) is 13.1. The molecular weight excluding hydrogens is 268 g/mol. The molecule has 5 nitrogen and oxygen atoms in total. The van der Waals surface area contributed by atoms with Crippen molar-refractivity contribution in [1.29, 1.82) is 0 Å². The minimum atomic E-state index is -0.950. The minimum absolute atomic E-state index is 0.00128. The number of benzene rings is 1. The van der Waals surface area contributed by atoms with Crippen LogP contribution >= 0.6 is 0 Å². The second-order valence-electron chi connectivity index (χ2n) is 4.64. The average Bonchev–Trinajstić information content (AvgIpc) is 3.09. The lowest BCUT2D eigenvalue weighted by Crippen LogP contribution is -2.18. The molecule has 0 amide bonds. The molecule has 2 heterocycles. The summed E-state index contributed by atoms with van der Waals surface area (Å²) in [5, 5.41) is 3.77. The van der Waals surface area contributed by atoms with E-state index in [-0.39, 0.29) is 18.0 Å². The van der Waals surface area contributed by atoms with E-state index in [9.17, 15) is 8.78 Å². The topological polar surface area (TPSA) is 74.2 Å². The van der Waals surface area contributed by atoms with Gasteiger partial charge in [0.25, 0.3) is 5.89 Å². The summed E-state index contributed by atoms with van der Waals surface area (Å²) in [5.41, 5.74) is 5.89. The van der Waals surface area contributed by atoms with Crippen LogP contribution in [0, 0.1) is 11.6 Å². The van der Waals surface area contributed by atoms with Gasteiger partial charge in [-0.05, 0) is 31.0 Å². The molecule has 106 valence electrons. The van der Waals surface area contributed by atoms with E-state index in [0.29, 0.717) is 18.0 Å². The molecule has 1 aromatic carbocycles. The lowest BCUT2D eigenvalue weighted by molar-refractivity contribution is 0.0307. The van der Waals surface area contributed by atoms with E-state index >= 15 is 0 Å². The van der Waals surface area contributed by atoms with Crippen molar-refractivity contribution in [2.24, 2.45) is 5.73 Å². The highest BCUT2D eigenvalue weighted by Gasteiger charge is 2.30. The zero-order chi connectivity index (χ0) is 14.1. The Kier molecular flexibility index (Phi) is 3.45. The second kappa shape index (κ2) is 5.26. The SMILES string of the molecule is NCC1CCC(c2nc(-c3ccc(F)c(F)c3)no2)O1. The predicted molar refractivity (Wildman–Crippen MR) is 65.6 cm³/mol. The first-order valence-corrected chi connectivity index (χ1v) is 6.32. The third-order valence-corrected chi connectivity index (χ3v) is 3.27. The van der Waals surface area contributed by atoms with Gasteiger partial charge in [-0.1, -0.05) is 5.16 Å². The Labute approximate surface area is 113 Å². The third-order valence-electron chi connectivity index (χ3n) is 3.27. The normalized spacial score (nSPS) is 22.4. The van der Waals surface area contributed by atoms with Crippen molar-refractivity contribution in [3.05, 3.63) is 35.7 Å². The molecule has 7 heteroatoms. The van der Waals surface area contributed by atoms with Crippen LogP contribution in [0.1, 0.15) is 24.8 Å². The van der Waals surface area contributed by atoms with Crippen LogP contribution in [0.25, 0.3) is 11.4 Å². The van der Waals surface area contributed by atoms with Crippen molar-refractivity contribution < 1.29 is 18.0 Å². The Bertz CT molecular complexity index is 617. The standard InChI is InChI=1S/C13H13F2N3O2/c14-9-3-1-7(5-10(9)15)12-17-13(20-18-12)11-4-2-8(6-16)19-11/h1,3,5,8,11H,2,4,6,16H2. The Morgan fingerprint density at radius 3 is 2.80 bits per heavy atom. The molecule has 0 aliphatic carbocycles. The number of ether oxygens (including phenoxy) is 1. The molecule has 1 fully saturated rings. The number of nitrogens with zero attached hydrogens (tertiary/aromatic N) is 2. The molecule has 0 saturated carbocycles. The van der Waals surface area contributed by atoms with Crippen LogP contribution in [0.2, 0.25) is 0 Å². The van der Waals surface area contributed by atoms with Crippen LogP contribution in [0.4, 0.5) is 8.78 Å². The maximum absolute atomic E-state index is 13.2. The van der Waals surface area contributed by atoms with Crippen molar-refractivity contribution in [3.63, 3.8) is 0 Å². The molecule has 3 rings (SSSR count). The van der Waals surface area contributed by atoms with Crippen LogP contribution in [-0.2, 0) is 4.74 Å². The number of aromatic nitrogens is 2. The van der Waals surface area contributed by atoms with E-state index in [1.807, 2.05) is 0 Å². The minimum Gasteiger partial charge on any atom is -0.364 e. The Balaban J connectivity index is 1.81. The highest BCUT2D eigenvalue weighted by atomic mass is 19.2. The van der Waals surface area contributed by atoms with E-state index in [0.717, 1.165) is 25.0 Å². The van der Waals surface area contributed by atoms with E-state index in [4.69, 9.17) is 15.0 Å². The molecule has 2 unspecified atom stereocenters. The maximum atomic E-state index is 13.2. The Morgan fingerprint density at radius 1 is 1.25 bits per heavy atom. The van der Waals surface area contributed by atoms with Gasteiger partial charge in [0.05, 0.1) is 6.10 Å². The fourth-order valence-corrected chi connectivity index (χ4v) is 2.18. The van der Waals surface area contributed by atoms with Crippen molar-refractivity contribution in [2.75, 3.05) is 6.54 Å². The summed E-state index contributed by atoms with van der Waals surface area (Å²) in [6, 6.07) is 3.45. The van der Waals surface area contributed by atoms with Gasteiger partial charge in [0.15, 0.2) is 11.6 Å². The molecule has 0 bridgehead atoms. The first-order chi connectivity index (χ1) is 9.67. The third kappa shape index (κ3) is 2.41. The number of halogens is 2. The molecular formula is C13H13F2N3O2. The lowest BCUT2D eigenvalue weighted by atomic mass is 10.2. The zero-order valence-corrected chi connectivity index (χ0v) is 10.6. The summed E-state index contributed by atoms with van der Waals surface area (Å²) >= 11 is 0. The van der Waals surface area contributed by atoms with E-state index in [2.05, 4.69) is 10.1 Å². The first-order valence-electron chi connectivity index (χ1n) is 6.32. The molecule has 1 aliphatic rings. The van der Waals surface area contributed by atoms with Gasteiger partial charge in [0.2, 0.25) is 5.82 Å². The molecule has 1 aliphatic heterocycles. The smallest absolute Gasteiger partial charge is 0.256 e. The predicted octanol–water partition coefficient (Wildman–Crippen LogP) is 2.19. The maximum Gasteiger partial charge on any atom is 0.256 e. The Hall–Kier alpha value is -1.86. The van der Waals surface area contributed by atoms with Crippen molar-refractivity contribution in [2.45, 2.75) is 25.0 Å². The van der Waals surface area contributed by atoms with Crippen LogP contribution in [0.5, 0.6) is 0 Å². The Morgan fingerprint density at radius 2 is 2.10 bits per heavy atom. The van der Waals surface area contributed by atoms with Crippen molar-refractivity contribution >= 4 is 0 Å².